The van der Waals surface area contributed by atoms with Crippen LogP contribution in [0.15, 0.2) is 0 Å². The van der Waals surface area contributed by atoms with Crippen LogP contribution in [0.25, 0.3) is 0 Å². The molecule has 0 aliphatic rings. The van der Waals surface area contributed by atoms with Crippen LogP contribution in [-0.4, -0.2) is 6.87 Å². The van der Waals surface area contributed by atoms with E-state index in [9.17, 15) is 4.79 Å². The van der Waals surface area contributed by atoms with Gasteiger partial charge in [-0.15, -0.1) is 0 Å². The Morgan fingerprint density at radius 2 is 2.17 bits per heavy atom. The summed E-state index contributed by atoms with van der Waals surface area (Å²) >= 11 is 0.202. The number of ketones is 1. The first kappa shape index (κ1) is 7.10. The number of carbonyl (C=O) groups excluding carboxylic acids is 1. The van der Waals surface area contributed by atoms with Gasteiger partial charge in [0.1, 0.15) is 0 Å². The SMILES string of the molecule is CC(=O)[CH](N)[RaH]. The second kappa shape index (κ2) is 3.15. The van der Waals surface area contributed by atoms with Crippen molar-refractivity contribution in [2.24, 2.45) is 5.73 Å². The Balaban J connectivity index is 3.26. The molecule has 0 saturated carbocycles. The first-order valence-corrected chi connectivity index (χ1v) is 6.65. The maximum atomic E-state index is 10.1. The van der Waals surface area contributed by atoms with Gasteiger partial charge in [-0.1, -0.05) is 0 Å². The zero-order valence-corrected chi connectivity index (χ0v) is 12.3. The van der Waals surface area contributed by atoms with Crippen molar-refractivity contribution < 1.29 is 47.6 Å². The number of rotatable bonds is 1. The second-order valence-corrected chi connectivity index (χ2v) is 6.51. The van der Waals surface area contributed by atoms with E-state index in [1.54, 1.807) is 0 Å². The summed E-state index contributed by atoms with van der Waals surface area (Å²) in [5.41, 5.74) is 5.19. The fourth-order valence-corrected chi connectivity index (χ4v) is 0. The molecule has 0 rings (SSSR count). The molecule has 1 unspecified atom stereocenters. The van der Waals surface area contributed by atoms with Crippen LogP contribution in [0, 0.1) is 42.8 Å². The molecule has 32 valence electrons. The molecule has 0 bridgehead atoms. The fraction of sp³-hybridized carbons (Fsp3) is 0.667. The summed E-state index contributed by atoms with van der Waals surface area (Å²) in [5.74, 6) is 0.139. The van der Waals surface area contributed by atoms with E-state index in [2.05, 4.69) is 0 Å². The Labute approximate surface area is 66.2 Å². The van der Waals surface area contributed by atoms with E-state index in [1.165, 1.54) is 6.92 Å². The Morgan fingerprint density at radius 3 is 2.17 bits per heavy atom. The van der Waals surface area contributed by atoms with Gasteiger partial charge in [-0.05, 0) is 0 Å². The predicted octanol–water partition coefficient (Wildman–Crippen LogP) is -0.858. The average Bonchev–Trinajstić information content (AvgIpc) is 1.36. The number of Topliss-reactive ketones (excluding diaryl/α,β-unsaturated/α-hetero) is 1. The second-order valence-electron chi connectivity index (χ2n) is 1.40. The summed E-state index contributed by atoms with van der Waals surface area (Å²) in [6, 6.07) is 0. The summed E-state index contributed by atoms with van der Waals surface area (Å²) in [5, 5.41) is 0. The van der Waals surface area contributed by atoms with Crippen LogP contribution in [0.2, 0.25) is 0 Å². The molecule has 0 fully saturated rings. The Hall–Kier alpha value is 1.10. The van der Waals surface area contributed by atoms with Gasteiger partial charge < -0.3 is 0 Å². The third kappa shape index (κ3) is 3.29. The summed E-state index contributed by atoms with van der Waals surface area (Å²) in [4.78, 5) is 10.1. The van der Waals surface area contributed by atoms with Gasteiger partial charge in [0.15, 0.2) is 0 Å². The molecule has 3 heteroatoms. The Morgan fingerprint density at radius 1 is 2.00 bits per heavy atom. The summed E-state index contributed by atoms with van der Waals surface area (Å²) in [7, 11) is 0. The molecule has 0 spiro atoms. The van der Waals surface area contributed by atoms with Crippen molar-refractivity contribution >= 4 is 5.78 Å². The zero-order valence-electron chi connectivity index (χ0n) is 4.06. The van der Waals surface area contributed by atoms with Gasteiger partial charge in [-0.3, -0.25) is 0 Å². The van der Waals surface area contributed by atoms with Gasteiger partial charge in [-0.25, -0.2) is 0 Å². The van der Waals surface area contributed by atoms with Crippen LogP contribution >= 0.6 is 0 Å². The molecule has 2 nitrogen and oxygen atoms in total. The van der Waals surface area contributed by atoms with Gasteiger partial charge >= 0.3 is 67.1 Å². The van der Waals surface area contributed by atoms with E-state index in [4.69, 9.17) is 5.73 Å². The number of hydrogen-bond donors (Lipinski definition) is 1. The topological polar surface area (TPSA) is 43.1 Å². The fourth-order valence-electron chi connectivity index (χ4n) is 0. The van der Waals surface area contributed by atoms with Gasteiger partial charge in [-0.2, -0.15) is 0 Å². The molecular weight excluding hydrogens is 292 g/mol. The third-order valence-corrected chi connectivity index (χ3v) is 3.98. The molecule has 0 saturated heterocycles. The summed E-state index contributed by atoms with van der Waals surface area (Å²) in [6.45, 7) is 1.53. The molecule has 0 aliphatic heterocycles. The van der Waals surface area contributed by atoms with E-state index in [-0.39, 0.29) is 49.7 Å². The van der Waals surface area contributed by atoms with Crippen LogP contribution in [-0.2, 0) is 4.79 Å². The van der Waals surface area contributed by atoms with Crippen molar-refractivity contribution in [3.63, 3.8) is 0 Å². The van der Waals surface area contributed by atoms with Crippen molar-refractivity contribution in [1.29, 1.82) is 0 Å². The third-order valence-electron chi connectivity index (χ3n) is 0.641. The summed E-state index contributed by atoms with van der Waals surface area (Å²) in [6.07, 6.45) is 0. The minimum atomic E-state index is -0.0574. The van der Waals surface area contributed by atoms with Gasteiger partial charge in [0, 0.05) is 0 Å². The van der Waals surface area contributed by atoms with E-state index < -0.39 is 0 Å². The Kier molecular flexibility index (Phi) is 3.72. The first-order chi connectivity index (χ1) is 2.64. The van der Waals surface area contributed by atoms with Crippen LogP contribution in [0.1, 0.15) is 6.92 Å². The molecule has 2 N–H and O–H groups in total. The van der Waals surface area contributed by atoms with E-state index in [0.717, 1.165) is 0 Å². The Bertz CT molecular complexity index is 61.8. The van der Waals surface area contributed by atoms with E-state index in [1.807, 2.05) is 0 Å². The van der Waals surface area contributed by atoms with Crippen molar-refractivity contribution in [3.8, 4) is 0 Å². The van der Waals surface area contributed by atoms with Crippen LogP contribution in [0.3, 0.4) is 0 Å². The van der Waals surface area contributed by atoms with E-state index >= 15 is 0 Å². The molecular formula is C3H7NORa. The van der Waals surface area contributed by atoms with Gasteiger partial charge in [0.05, 0.1) is 0 Å². The van der Waals surface area contributed by atoms with Crippen LogP contribution in [0.5, 0.6) is 0 Å². The number of carbonyl (C=O) groups is 1. The molecule has 0 heterocycles. The molecule has 0 amide bonds. The monoisotopic (exact) mass is 299 g/mol. The van der Waals surface area contributed by atoms with Crippen molar-refractivity contribution in [3.05, 3.63) is 0 Å². The predicted molar refractivity (Wildman–Crippen MR) is 20.1 cm³/mol. The quantitative estimate of drug-likeness (QED) is 0.685. The van der Waals surface area contributed by atoms with Crippen LogP contribution < -0.4 is 5.73 Å². The summed E-state index contributed by atoms with van der Waals surface area (Å²) < 4.78 is -0.0574. The van der Waals surface area contributed by atoms with Crippen molar-refractivity contribution in [2.45, 2.75) is 8.01 Å². The number of hydrogen-bond acceptors (Lipinski definition) is 2. The van der Waals surface area contributed by atoms with Crippen molar-refractivity contribution in [1.82, 2.24) is 0 Å². The molecule has 0 aromatic heterocycles. The van der Waals surface area contributed by atoms with Crippen LogP contribution in [0.4, 0.5) is 0 Å². The first-order valence-electron chi connectivity index (χ1n) is 1.90. The normalized spacial score (nSPS) is 13.5. The van der Waals surface area contributed by atoms with Gasteiger partial charge in [0.2, 0.25) is 0 Å². The average molecular weight is 299 g/mol. The molecule has 6 heavy (non-hydrogen) atoms. The zero-order chi connectivity index (χ0) is 5.15. The van der Waals surface area contributed by atoms with Crippen molar-refractivity contribution in [2.75, 3.05) is 0 Å². The van der Waals surface area contributed by atoms with E-state index in [0.29, 0.717) is 0 Å². The maximum absolute atomic E-state index is 10.1. The van der Waals surface area contributed by atoms with Gasteiger partial charge in [0.25, 0.3) is 0 Å². The molecule has 1 atom stereocenters. The minimum absolute atomic E-state index is 0.0574. The molecule has 0 aromatic carbocycles. The molecule has 0 aliphatic carbocycles. The molecule has 0 radical (unpaired) electrons. The standard InChI is InChI=1S/C3H6NO.Ra.H/c1-3(5)2-4;;/h2H,4H2,1H3;;. The molecule has 0 aromatic rings. The number of nitrogens with two attached hydrogens (primary N) is 1.